The van der Waals surface area contributed by atoms with E-state index in [0.29, 0.717) is 12.2 Å². The SMILES string of the molecule is CC[C@@H](C(=O)NC1CCCC1)N(Cc1ccccc1)C(=O)CN(c1ccc(F)cc1)S(=O)(=O)c1ccc(OC)cc1. The molecule has 8 nitrogen and oxygen atoms in total. The molecule has 0 bridgehead atoms. The zero-order chi connectivity index (χ0) is 29.4. The van der Waals surface area contributed by atoms with Gasteiger partial charge in [0.1, 0.15) is 24.2 Å². The summed E-state index contributed by atoms with van der Waals surface area (Å²) in [5.74, 6) is -0.873. The largest absolute Gasteiger partial charge is 0.497 e. The Hall–Kier alpha value is -3.92. The van der Waals surface area contributed by atoms with Gasteiger partial charge < -0.3 is 15.0 Å². The van der Waals surface area contributed by atoms with Crippen LogP contribution >= 0.6 is 0 Å². The minimum absolute atomic E-state index is 0.0592. The second-order valence-electron chi connectivity index (χ2n) is 10.1. The number of hydrogen-bond acceptors (Lipinski definition) is 5. The summed E-state index contributed by atoms with van der Waals surface area (Å²) in [4.78, 5) is 28.9. The van der Waals surface area contributed by atoms with Gasteiger partial charge in [0.05, 0.1) is 17.7 Å². The van der Waals surface area contributed by atoms with Gasteiger partial charge in [0.15, 0.2) is 0 Å². The van der Waals surface area contributed by atoms with E-state index in [1.165, 1.54) is 48.4 Å². The Bertz CT molecular complexity index is 1410. The first-order chi connectivity index (χ1) is 19.7. The Balaban J connectivity index is 1.69. The van der Waals surface area contributed by atoms with Crippen molar-refractivity contribution in [2.24, 2.45) is 0 Å². The van der Waals surface area contributed by atoms with Gasteiger partial charge in [0, 0.05) is 12.6 Å². The standard InChI is InChI=1S/C31H36FN3O5S/c1-3-29(31(37)33-25-11-7-8-12-25)34(21-23-9-5-4-6-10-23)30(36)22-35(26-15-13-24(32)14-16-26)41(38,39)28-19-17-27(40-2)18-20-28/h4-6,9-10,13-20,25,29H,3,7-8,11-12,21-22H2,1-2H3,(H,33,37)/t29-/m0/s1. The van der Waals surface area contributed by atoms with Gasteiger partial charge in [-0.2, -0.15) is 0 Å². The van der Waals surface area contributed by atoms with E-state index in [9.17, 15) is 22.4 Å². The number of benzene rings is 3. The summed E-state index contributed by atoms with van der Waals surface area (Å²) in [6.07, 6.45) is 4.23. The third-order valence-electron chi connectivity index (χ3n) is 7.32. The highest BCUT2D eigenvalue weighted by molar-refractivity contribution is 7.92. The molecule has 1 aliphatic rings. The molecule has 0 unspecified atom stereocenters. The van der Waals surface area contributed by atoms with Crippen molar-refractivity contribution in [1.29, 1.82) is 0 Å². The van der Waals surface area contributed by atoms with Crippen molar-refractivity contribution in [1.82, 2.24) is 10.2 Å². The van der Waals surface area contributed by atoms with Crippen LogP contribution in [0.15, 0.2) is 83.8 Å². The molecule has 2 amide bonds. The van der Waals surface area contributed by atoms with Crippen LogP contribution in [-0.4, -0.2) is 50.9 Å². The number of hydrogen-bond donors (Lipinski definition) is 1. The molecule has 0 radical (unpaired) electrons. The van der Waals surface area contributed by atoms with Gasteiger partial charge in [-0.1, -0.05) is 50.1 Å². The lowest BCUT2D eigenvalue weighted by Crippen LogP contribution is -2.53. The maximum atomic E-state index is 14.1. The van der Waals surface area contributed by atoms with Gasteiger partial charge in [-0.3, -0.25) is 13.9 Å². The quantitative estimate of drug-likeness (QED) is 0.329. The molecule has 3 aromatic carbocycles. The van der Waals surface area contributed by atoms with Crippen molar-refractivity contribution in [2.75, 3.05) is 18.0 Å². The van der Waals surface area contributed by atoms with E-state index in [1.807, 2.05) is 37.3 Å². The smallest absolute Gasteiger partial charge is 0.264 e. The van der Waals surface area contributed by atoms with E-state index >= 15 is 0 Å². The van der Waals surface area contributed by atoms with E-state index in [2.05, 4.69) is 5.32 Å². The van der Waals surface area contributed by atoms with Gasteiger partial charge in [-0.05, 0) is 73.4 Å². The second kappa shape index (κ2) is 13.6. The van der Waals surface area contributed by atoms with Gasteiger partial charge in [-0.15, -0.1) is 0 Å². The predicted molar refractivity (Wildman–Crippen MR) is 155 cm³/mol. The maximum absolute atomic E-state index is 14.1. The zero-order valence-corrected chi connectivity index (χ0v) is 24.1. The minimum Gasteiger partial charge on any atom is -0.497 e. The molecule has 1 N–H and O–H groups in total. The lowest BCUT2D eigenvalue weighted by atomic mass is 10.1. The first-order valence-electron chi connectivity index (χ1n) is 13.8. The van der Waals surface area contributed by atoms with Crippen LogP contribution in [0.4, 0.5) is 10.1 Å². The molecule has 1 atom stereocenters. The highest BCUT2D eigenvalue weighted by atomic mass is 32.2. The van der Waals surface area contributed by atoms with E-state index in [4.69, 9.17) is 4.74 Å². The van der Waals surface area contributed by atoms with Crippen LogP contribution in [0.5, 0.6) is 5.75 Å². The van der Waals surface area contributed by atoms with Crippen molar-refractivity contribution >= 4 is 27.5 Å². The zero-order valence-electron chi connectivity index (χ0n) is 23.3. The molecular formula is C31H36FN3O5S. The Kier molecular flexibility index (Phi) is 9.99. The Morgan fingerprint density at radius 1 is 0.976 bits per heavy atom. The average molecular weight is 582 g/mol. The number of amides is 2. The number of nitrogens with zero attached hydrogens (tertiary/aromatic N) is 2. The van der Waals surface area contributed by atoms with Crippen molar-refractivity contribution in [3.63, 3.8) is 0 Å². The molecule has 3 aromatic rings. The highest BCUT2D eigenvalue weighted by Gasteiger charge is 2.34. The lowest BCUT2D eigenvalue weighted by molar-refractivity contribution is -0.140. The Morgan fingerprint density at radius 3 is 2.20 bits per heavy atom. The van der Waals surface area contributed by atoms with Gasteiger partial charge in [0.25, 0.3) is 10.0 Å². The van der Waals surface area contributed by atoms with Crippen LogP contribution in [-0.2, 0) is 26.2 Å². The molecule has 0 saturated heterocycles. The number of anilines is 1. The minimum atomic E-state index is -4.26. The number of halogens is 1. The number of carbonyl (C=O) groups is 2. The summed E-state index contributed by atoms with van der Waals surface area (Å²) < 4.78 is 47.7. The third-order valence-corrected chi connectivity index (χ3v) is 9.11. The summed E-state index contributed by atoms with van der Waals surface area (Å²) in [6, 6.07) is 19.2. The average Bonchev–Trinajstić information content (AvgIpc) is 3.49. The normalized spacial score (nSPS) is 14.3. The number of ether oxygens (including phenoxy) is 1. The molecule has 10 heteroatoms. The third kappa shape index (κ3) is 7.43. The fourth-order valence-corrected chi connectivity index (χ4v) is 6.49. The first-order valence-corrected chi connectivity index (χ1v) is 15.2. The van der Waals surface area contributed by atoms with E-state index < -0.39 is 34.3 Å². The molecule has 0 heterocycles. The molecule has 4 rings (SSSR count). The molecule has 41 heavy (non-hydrogen) atoms. The van der Waals surface area contributed by atoms with E-state index in [0.717, 1.165) is 47.7 Å². The highest BCUT2D eigenvalue weighted by Crippen LogP contribution is 2.27. The molecule has 1 fully saturated rings. The summed E-state index contributed by atoms with van der Waals surface area (Å²) in [5, 5.41) is 3.09. The van der Waals surface area contributed by atoms with Crippen molar-refractivity contribution in [3.8, 4) is 5.75 Å². The molecule has 1 saturated carbocycles. The monoisotopic (exact) mass is 581 g/mol. The second-order valence-corrected chi connectivity index (χ2v) is 11.9. The number of sulfonamides is 1. The van der Waals surface area contributed by atoms with E-state index in [1.54, 1.807) is 0 Å². The number of rotatable bonds is 12. The Morgan fingerprint density at radius 2 is 1.61 bits per heavy atom. The number of nitrogens with one attached hydrogen (secondary N) is 1. The van der Waals surface area contributed by atoms with Crippen molar-refractivity contribution in [3.05, 3.63) is 90.2 Å². The fourth-order valence-electron chi connectivity index (χ4n) is 5.08. The summed E-state index contributed by atoms with van der Waals surface area (Å²) in [6.45, 7) is 1.37. The van der Waals surface area contributed by atoms with Crippen LogP contribution in [0.1, 0.15) is 44.6 Å². The predicted octanol–water partition coefficient (Wildman–Crippen LogP) is 4.90. The molecule has 218 valence electrons. The van der Waals surface area contributed by atoms with Crippen LogP contribution < -0.4 is 14.4 Å². The van der Waals surface area contributed by atoms with Crippen LogP contribution in [0.25, 0.3) is 0 Å². The fraction of sp³-hybridized carbons (Fsp3) is 0.355. The topological polar surface area (TPSA) is 96.0 Å². The van der Waals surface area contributed by atoms with Gasteiger partial charge >= 0.3 is 0 Å². The first kappa shape index (κ1) is 30.0. The molecular weight excluding hydrogens is 545 g/mol. The summed E-state index contributed by atoms with van der Waals surface area (Å²) in [5.41, 5.74) is 0.929. The van der Waals surface area contributed by atoms with Gasteiger partial charge in [-0.25, -0.2) is 12.8 Å². The van der Waals surface area contributed by atoms with Crippen LogP contribution in [0.2, 0.25) is 0 Å². The van der Waals surface area contributed by atoms with Crippen molar-refractivity contribution < 1.29 is 27.1 Å². The molecule has 0 aliphatic heterocycles. The van der Waals surface area contributed by atoms with Crippen LogP contribution in [0, 0.1) is 5.82 Å². The van der Waals surface area contributed by atoms with E-state index in [-0.39, 0.29) is 29.1 Å². The number of methoxy groups -OCH3 is 1. The van der Waals surface area contributed by atoms with Crippen molar-refractivity contribution in [2.45, 2.75) is 62.6 Å². The molecule has 1 aliphatic carbocycles. The molecule has 0 spiro atoms. The van der Waals surface area contributed by atoms with Crippen LogP contribution in [0.3, 0.4) is 0 Å². The maximum Gasteiger partial charge on any atom is 0.264 e. The summed E-state index contributed by atoms with van der Waals surface area (Å²) in [7, 11) is -2.78. The lowest BCUT2D eigenvalue weighted by Gasteiger charge is -2.33. The number of carbonyl (C=O) groups excluding carboxylic acids is 2. The Labute approximate surface area is 241 Å². The van der Waals surface area contributed by atoms with Gasteiger partial charge in [0.2, 0.25) is 11.8 Å². The summed E-state index contributed by atoms with van der Waals surface area (Å²) >= 11 is 0. The molecule has 0 aromatic heterocycles.